The summed E-state index contributed by atoms with van der Waals surface area (Å²) in [6.07, 6.45) is 1.43. The predicted molar refractivity (Wildman–Crippen MR) is 73.5 cm³/mol. The molecule has 0 fully saturated rings. The quantitative estimate of drug-likeness (QED) is 0.829. The molecule has 19 heavy (non-hydrogen) atoms. The first-order valence-electron chi connectivity index (χ1n) is 5.48. The second kappa shape index (κ2) is 5.62. The number of nitrogens with one attached hydrogen (secondary N) is 2. The van der Waals surface area contributed by atoms with Gasteiger partial charge in [-0.15, -0.1) is 0 Å². The minimum Gasteiger partial charge on any atom is -0.459 e. The lowest BCUT2D eigenvalue weighted by atomic mass is 10.3. The lowest BCUT2D eigenvalue weighted by Crippen LogP contribution is -2.34. The number of hydrogen-bond acceptors (Lipinski definition) is 3. The van der Waals surface area contributed by atoms with Gasteiger partial charge in [-0.2, -0.15) is 0 Å². The van der Waals surface area contributed by atoms with Crippen molar-refractivity contribution in [2.75, 3.05) is 5.32 Å². The standard InChI is InChI=1S/C13H11FN2O2S/c1-8-6-7-18-11(8)12(17)16-13(19)15-10-4-2-9(14)3-5-10/h2-7H,1H3,(H2,15,16,17,19). The molecule has 0 aliphatic heterocycles. The number of rotatable bonds is 2. The Morgan fingerprint density at radius 3 is 2.53 bits per heavy atom. The topological polar surface area (TPSA) is 54.3 Å². The molecular weight excluding hydrogens is 267 g/mol. The first-order valence-corrected chi connectivity index (χ1v) is 5.89. The number of hydrogen-bond donors (Lipinski definition) is 2. The van der Waals surface area contributed by atoms with Crippen molar-refractivity contribution in [2.24, 2.45) is 0 Å². The highest BCUT2D eigenvalue weighted by Crippen LogP contribution is 2.10. The molecule has 0 saturated carbocycles. The maximum absolute atomic E-state index is 12.7. The Bertz CT molecular complexity index is 607. The normalized spacial score (nSPS) is 10.0. The number of halogens is 1. The molecule has 2 aromatic rings. The van der Waals surface area contributed by atoms with Crippen LogP contribution in [0.1, 0.15) is 16.1 Å². The van der Waals surface area contributed by atoms with E-state index in [9.17, 15) is 9.18 Å². The van der Waals surface area contributed by atoms with Crippen LogP contribution in [0.25, 0.3) is 0 Å². The molecule has 98 valence electrons. The smallest absolute Gasteiger partial charge is 0.293 e. The van der Waals surface area contributed by atoms with E-state index in [-0.39, 0.29) is 16.7 Å². The Kier molecular flexibility index (Phi) is 3.91. The van der Waals surface area contributed by atoms with Gasteiger partial charge in [0.25, 0.3) is 5.91 Å². The molecule has 6 heteroatoms. The summed E-state index contributed by atoms with van der Waals surface area (Å²) in [7, 11) is 0. The van der Waals surface area contributed by atoms with Crippen molar-refractivity contribution in [3.8, 4) is 0 Å². The summed E-state index contributed by atoms with van der Waals surface area (Å²) in [5.74, 6) is -0.558. The Labute approximate surface area is 114 Å². The molecule has 1 amide bonds. The van der Waals surface area contributed by atoms with Gasteiger partial charge in [-0.05, 0) is 49.5 Å². The number of furan rings is 1. The van der Waals surface area contributed by atoms with Gasteiger partial charge in [0.1, 0.15) is 5.82 Å². The molecular formula is C13H11FN2O2S. The number of thiocarbonyl (C=S) groups is 1. The molecule has 1 aromatic heterocycles. The molecule has 4 nitrogen and oxygen atoms in total. The van der Waals surface area contributed by atoms with Crippen LogP contribution in [-0.2, 0) is 0 Å². The van der Waals surface area contributed by atoms with Crippen molar-refractivity contribution in [2.45, 2.75) is 6.92 Å². The third-order valence-corrected chi connectivity index (χ3v) is 2.60. The fourth-order valence-electron chi connectivity index (χ4n) is 1.46. The largest absolute Gasteiger partial charge is 0.459 e. The highest BCUT2D eigenvalue weighted by molar-refractivity contribution is 7.80. The summed E-state index contributed by atoms with van der Waals surface area (Å²) in [6.45, 7) is 1.76. The molecule has 1 aromatic carbocycles. The first kappa shape index (κ1) is 13.2. The monoisotopic (exact) mass is 278 g/mol. The van der Waals surface area contributed by atoms with Gasteiger partial charge in [0, 0.05) is 11.3 Å². The molecule has 1 heterocycles. The molecule has 0 saturated heterocycles. The molecule has 0 aliphatic carbocycles. The van der Waals surface area contributed by atoms with Gasteiger partial charge in [0.2, 0.25) is 0 Å². The van der Waals surface area contributed by atoms with Crippen molar-refractivity contribution in [3.05, 3.63) is 53.7 Å². The number of carbonyl (C=O) groups excluding carboxylic acids is 1. The minimum absolute atomic E-state index is 0.118. The summed E-state index contributed by atoms with van der Waals surface area (Å²) >= 11 is 4.98. The van der Waals surface area contributed by atoms with E-state index < -0.39 is 5.91 Å². The highest BCUT2D eigenvalue weighted by atomic mass is 32.1. The first-order chi connectivity index (χ1) is 9.06. The average molecular weight is 278 g/mol. The van der Waals surface area contributed by atoms with Crippen molar-refractivity contribution in [3.63, 3.8) is 0 Å². The van der Waals surface area contributed by atoms with Gasteiger partial charge < -0.3 is 9.73 Å². The maximum atomic E-state index is 12.7. The summed E-state index contributed by atoms with van der Waals surface area (Å²) < 4.78 is 17.8. The van der Waals surface area contributed by atoms with E-state index in [1.54, 1.807) is 13.0 Å². The van der Waals surface area contributed by atoms with Gasteiger partial charge in [-0.25, -0.2) is 4.39 Å². The van der Waals surface area contributed by atoms with Crippen LogP contribution >= 0.6 is 12.2 Å². The predicted octanol–water partition coefficient (Wildman–Crippen LogP) is 2.85. The van der Waals surface area contributed by atoms with Crippen LogP contribution in [-0.4, -0.2) is 11.0 Å². The SMILES string of the molecule is Cc1ccoc1C(=O)NC(=S)Nc1ccc(F)cc1. The number of benzene rings is 1. The second-order valence-electron chi connectivity index (χ2n) is 3.85. The van der Waals surface area contributed by atoms with Crippen molar-refractivity contribution < 1.29 is 13.6 Å². The zero-order valence-electron chi connectivity index (χ0n) is 10.1. The Morgan fingerprint density at radius 2 is 1.95 bits per heavy atom. The van der Waals surface area contributed by atoms with E-state index in [0.717, 1.165) is 5.56 Å². The van der Waals surface area contributed by atoms with Crippen molar-refractivity contribution >= 4 is 28.9 Å². The van der Waals surface area contributed by atoms with Crippen LogP contribution in [0.2, 0.25) is 0 Å². The van der Waals surface area contributed by atoms with Crippen LogP contribution in [0.5, 0.6) is 0 Å². The molecule has 2 N–H and O–H groups in total. The Morgan fingerprint density at radius 1 is 1.26 bits per heavy atom. The lowest BCUT2D eigenvalue weighted by Gasteiger charge is -2.08. The zero-order chi connectivity index (χ0) is 13.8. The van der Waals surface area contributed by atoms with Crippen LogP contribution in [0.15, 0.2) is 41.0 Å². The summed E-state index contributed by atoms with van der Waals surface area (Å²) in [6, 6.07) is 7.32. The second-order valence-corrected chi connectivity index (χ2v) is 4.26. The van der Waals surface area contributed by atoms with E-state index in [1.807, 2.05) is 0 Å². The summed E-state index contributed by atoms with van der Waals surface area (Å²) in [4.78, 5) is 11.8. The number of anilines is 1. The van der Waals surface area contributed by atoms with Crippen molar-refractivity contribution in [1.82, 2.24) is 5.32 Å². The number of carbonyl (C=O) groups is 1. The van der Waals surface area contributed by atoms with E-state index in [4.69, 9.17) is 16.6 Å². The fourth-order valence-corrected chi connectivity index (χ4v) is 1.67. The van der Waals surface area contributed by atoms with Crippen LogP contribution < -0.4 is 10.6 Å². The summed E-state index contributed by atoms with van der Waals surface area (Å²) in [5, 5.41) is 5.37. The third-order valence-electron chi connectivity index (χ3n) is 2.40. The van der Waals surface area contributed by atoms with Gasteiger partial charge in [0.15, 0.2) is 10.9 Å². The van der Waals surface area contributed by atoms with Gasteiger partial charge >= 0.3 is 0 Å². The molecule has 0 radical (unpaired) electrons. The van der Waals surface area contributed by atoms with Gasteiger partial charge in [-0.1, -0.05) is 0 Å². The summed E-state index contributed by atoms with van der Waals surface area (Å²) in [5.41, 5.74) is 1.31. The highest BCUT2D eigenvalue weighted by Gasteiger charge is 2.13. The van der Waals surface area contributed by atoms with Gasteiger partial charge in [-0.3, -0.25) is 10.1 Å². The van der Waals surface area contributed by atoms with Gasteiger partial charge in [0.05, 0.1) is 6.26 Å². The van der Waals surface area contributed by atoms with E-state index in [0.29, 0.717) is 5.69 Å². The molecule has 0 spiro atoms. The molecule has 0 bridgehead atoms. The van der Waals surface area contributed by atoms with E-state index in [2.05, 4.69) is 10.6 Å². The maximum Gasteiger partial charge on any atom is 0.293 e. The fraction of sp³-hybridized carbons (Fsp3) is 0.0769. The van der Waals surface area contributed by atoms with Crippen molar-refractivity contribution in [1.29, 1.82) is 0 Å². The average Bonchev–Trinajstić information content (AvgIpc) is 2.78. The molecule has 0 atom stereocenters. The minimum atomic E-state index is -0.429. The Balaban J connectivity index is 1.96. The molecule has 0 unspecified atom stereocenters. The number of aryl methyl sites for hydroxylation is 1. The lowest BCUT2D eigenvalue weighted by molar-refractivity contribution is 0.0950. The van der Waals surface area contributed by atoms with Crippen LogP contribution in [0.4, 0.5) is 10.1 Å². The third kappa shape index (κ3) is 3.38. The molecule has 0 aliphatic rings. The van der Waals surface area contributed by atoms with E-state index >= 15 is 0 Å². The zero-order valence-corrected chi connectivity index (χ0v) is 10.9. The number of amides is 1. The molecule has 2 rings (SSSR count). The van der Waals surface area contributed by atoms with E-state index in [1.165, 1.54) is 30.5 Å². The Hall–Kier alpha value is -2.21. The van der Waals surface area contributed by atoms with Crippen LogP contribution in [0, 0.1) is 12.7 Å². The van der Waals surface area contributed by atoms with Crippen LogP contribution in [0.3, 0.4) is 0 Å².